The third kappa shape index (κ3) is 65.4. The highest BCUT2D eigenvalue weighted by molar-refractivity contribution is 5.76. The van der Waals surface area contributed by atoms with Gasteiger partial charge in [0.2, 0.25) is 5.91 Å². The number of carbonyl (C=O) groups excluding carboxylic acids is 2. The molecule has 0 aliphatic heterocycles. The fourth-order valence-electron chi connectivity index (χ4n) is 11.5. The van der Waals surface area contributed by atoms with Crippen LogP contribution in [0.15, 0.2) is 24.3 Å². The van der Waals surface area contributed by atoms with Gasteiger partial charge in [0.25, 0.3) is 0 Å². The predicted molar refractivity (Wildman–Crippen MR) is 347 cm³/mol. The molecule has 0 saturated heterocycles. The molecule has 0 radical (unpaired) electrons. The molecule has 0 heterocycles. The molecular formula is C73H141NO5. The van der Waals surface area contributed by atoms with Gasteiger partial charge >= 0.3 is 5.97 Å². The molecule has 1 amide bonds. The second kappa shape index (κ2) is 68.8. The van der Waals surface area contributed by atoms with Crippen molar-refractivity contribution in [3.8, 4) is 0 Å². The first-order valence-corrected chi connectivity index (χ1v) is 36.1. The van der Waals surface area contributed by atoms with E-state index < -0.39 is 12.1 Å². The Kier molecular flexibility index (Phi) is 67.4. The summed E-state index contributed by atoms with van der Waals surface area (Å²) in [5.74, 6) is -0.0235. The minimum atomic E-state index is -0.666. The molecule has 2 atom stereocenters. The van der Waals surface area contributed by atoms with Crippen LogP contribution in [0.5, 0.6) is 0 Å². The van der Waals surface area contributed by atoms with E-state index in [2.05, 4.69) is 43.5 Å². The molecule has 0 aliphatic carbocycles. The van der Waals surface area contributed by atoms with Crippen molar-refractivity contribution in [2.75, 3.05) is 13.2 Å². The van der Waals surface area contributed by atoms with Crippen LogP contribution in [-0.2, 0) is 14.3 Å². The standard InChI is InChI=1S/C73H141NO5/c1-3-5-7-9-11-13-15-17-19-20-21-31-34-38-41-45-49-53-57-61-65-71(76)70(69-75)74-72(77)66-62-58-54-50-46-42-39-35-32-29-27-25-23-22-24-26-28-30-33-36-40-44-48-52-56-60-64-68-79-73(78)67-63-59-55-51-47-43-37-18-16-14-12-10-8-6-4-2/h18,22-23,37,70-71,75-76H,3-17,19-21,24-36,38-69H2,1-2H3,(H,74,77)/b23-22-,37-18-. The number of amides is 1. The monoisotopic (exact) mass is 1110 g/mol. The summed E-state index contributed by atoms with van der Waals surface area (Å²) in [5.41, 5.74) is 0. The van der Waals surface area contributed by atoms with Gasteiger partial charge < -0.3 is 20.3 Å². The zero-order valence-electron chi connectivity index (χ0n) is 53.6. The van der Waals surface area contributed by atoms with Gasteiger partial charge in [-0.05, 0) is 77.0 Å². The first-order chi connectivity index (χ1) is 39.0. The summed E-state index contributed by atoms with van der Waals surface area (Å²) in [6.45, 7) is 4.98. The molecule has 6 nitrogen and oxygen atoms in total. The summed E-state index contributed by atoms with van der Waals surface area (Å²) < 4.78 is 5.49. The van der Waals surface area contributed by atoms with Crippen molar-refractivity contribution in [1.29, 1.82) is 0 Å². The summed E-state index contributed by atoms with van der Waals surface area (Å²) in [4.78, 5) is 24.6. The number of nitrogens with one attached hydrogen (secondary N) is 1. The second-order valence-electron chi connectivity index (χ2n) is 24.9. The van der Waals surface area contributed by atoms with E-state index in [1.54, 1.807) is 0 Å². The van der Waals surface area contributed by atoms with Crippen LogP contribution in [0.3, 0.4) is 0 Å². The van der Waals surface area contributed by atoms with Gasteiger partial charge in [-0.3, -0.25) is 9.59 Å². The van der Waals surface area contributed by atoms with Crippen LogP contribution in [0.4, 0.5) is 0 Å². The SMILES string of the molecule is CCCCCCCC/C=C\CCCCCCCC(=O)OCCCCCCCCCCCCCC/C=C\CCCCCCCCCCCCCC(=O)NC(CO)C(O)CCCCCCCCCCCCCCCCCCCCCC. The number of aliphatic hydroxyl groups is 2. The Morgan fingerprint density at radius 3 is 0.899 bits per heavy atom. The van der Waals surface area contributed by atoms with Crippen LogP contribution in [0.2, 0.25) is 0 Å². The average Bonchev–Trinajstić information content (AvgIpc) is 3.45. The predicted octanol–water partition coefficient (Wildman–Crippen LogP) is 23.3. The third-order valence-corrected chi connectivity index (χ3v) is 17.0. The molecule has 0 bridgehead atoms. The van der Waals surface area contributed by atoms with Gasteiger partial charge in [-0.1, -0.05) is 340 Å². The Morgan fingerprint density at radius 2 is 0.595 bits per heavy atom. The first-order valence-electron chi connectivity index (χ1n) is 36.1. The summed E-state index contributed by atoms with van der Waals surface area (Å²) >= 11 is 0. The molecule has 3 N–H and O–H groups in total. The van der Waals surface area contributed by atoms with Gasteiger partial charge in [0.1, 0.15) is 0 Å². The summed E-state index contributed by atoms with van der Waals surface area (Å²) in [7, 11) is 0. The Bertz CT molecular complexity index is 1230. The maximum absolute atomic E-state index is 12.5. The lowest BCUT2D eigenvalue weighted by Crippen LogP contribution is -2.45. The van der Waals surface area contributed by atoms with Crippen LogP contribution in [0.1, 0.15) is 406 Å². The number of esters is 1. The van der Waals surface area contributed by atoms with Crippen molar-refractivity contribution in [2.24, 2.45) is 0 Å². The minimum Gasteiger partial charge on any atom is -0.466 e. The zero-order chi connectivity index (χ0) is 57.1. The Labute approximate surface area is 494 Å². The smallest absolute Gasteiger partial charge is 0.305 e. The van der Waals surface area contributed by atoms with Crippen LogP contribution >= 0.6 is 0 Å². The first kappa shape index (κ1) is 77.3. The number of aliphatic hydroxyl groups excluding tert-OH is 2. The van der Waals surface area contributed by atoms with Crippen molar-refractivity contribution in [2.45, 2.75) is 418 Å². The van der Waals surface area contributed by atoms with E-state index in [9.17, 15) is 19.8 Å². The van der Waals surface area contributed by atoms with E-state index in [0.717, 1.165) is 44.9 Å². The van der Waals surface area contributed by atoms with Gasteiger partial charge in [0.15, 0.2) is 0 Å². The molecule has 0 aromatic carbocycles. The molecule has 0 saturated carbocycles. The topological polar surface area (TPSA) is 95.9 Å². The van der Waals surface area contributed by atoms with E-state index in [1.807, 2.05) is 0 Å². The van der Waals surface area contributed by atoms with Crippen LogP contribution in [-0.4, -0.2) is 47.4 Å². The maximum atomic E-state index is 12.5. The van der Waals surface area contributed by atoms with Crippen LogP contribution in [0.25, 0.3) is 0 Å². The molecule has 468 valence electrons. The Hall–Kier alpha value is -1.66. The number of unbranched alkanes of at least 4 members (excludes halogenated alkanes) is 53. The average molecular weight is 1110 g/mol. The highest BCUT2D eigenvalue weighted by Gasteiger charge is 2.20. The molecule has 0 fully saturated rings. The third-order valence-electron chi connectivity index (χ3n) is 17.0. The lowest BCUT2D eigenvalue weighted by Gasteiger charge is -2.22. The second-order valence-corrected chi connectivity index (χ2v) is 24.9. The molecule has 0 aliphatic rings. The normalized spacial score (nSPS) is 12.6. The number of rotatable bonds is 68. The molecule has 2 unspecified atom stereocenters. The van der Waals surface area contributed by atoms with E-state index in [0.29, 0.717) is 25.9 Å². The molecule has 0 aromatic rings. The molecule has 79 heavy (non-hydrogen) atoms. The number of hydrogen-bond acceptors (Lipinski definition) is 5. The van der Waals surface area contributed by atoms with E-state index in [-0.39, 0.29) is 18.5 Å². The number of ether oxygens (including phenoxy) is 1. The summed E-state index contributed by atoms with van der Waals surface area (Å²) in [5, 5.41) is 23.4. The van der Waals surface area contributed by atoms with Crippen molar-refractivity contribution in [1.82, 2.24) is 5.32 Å². The largest absolute Gasteiger partial charge is 0.466 e. The fraction of sp³-hybridized carbons (Fsp3) is 0.918. The molecule has 0 rings (SSSR count). The molecule has 6 heteroatoms. The van der Waals surface area contributed by atoms with Gasteiger partial charge in [-0.25, -0.2) is 0 Å². The van der Waals surface area contributed by atoms with Gasteiger partial charge in [-0.15, -0.1) is 0 Å². The van der Waals surface area contributed by atoms with Gasteiger partial charge in [0, 0.05) is 12.8 Å². The number of allylic oxidation sites excluding steroid dienone is 4. The lowest BCUT2D eigenvalue weighted by molar-refractivity contribution is -0.143. The molecule has 0 spiro atoms. The lowest BCUT2D eigenvalue weighted by atomic mass is 10.0. The van der Waals surface area contributed by atoms with Crippen LogP contribution in [0, 0.1) is 0 Å². The van der Waals surface area contributed by atoms with Crippen molar-refractivity contribution < 1.29 is 24.5 Å². The van der Waals surface area contributed by atoms with Gasteiger partial charge in [-0.2, -0.15) is 0 Å². The van der Waals surface area contributed by atoms with Crippen molar-refractivity contribution in [3.05, 3.63) is 24.3 Å². The summed E-state index contributed by atoms with van der Waals surface area (Å²) in [6, 6.07) is -0.543. The van der Waals surface area contributed by atoms with Crippen molar-refractivity contribution in [3.63, 3.8) is 0 Å². The Balaban J connectivity index is 3.38. The minimum absolute atomic E-state index is 0.00801. The van der Waals surface area contributed by atoms with Crippen LogP contribution < -0.4 is 5.32 Å². The maximum Gasteiger partial charge on any atom is 0.305 e. The van der Waals surface area contributed by atoms with E-state index in [4.69, 9.17) is 4.74 Å². The fourth-order valence-corrected chi connectivity index (χ4v) is 11.5. The van der Waals surface area contributed by atoms with E-state index >= 15 is 0 Å². The number of hydrogen-bond donors (Lipinski definition) is 3. The number of carbonyl (C=O) groups is 2. The molecule has 0 aromatic heterocycles. The van der Waals surface area contributed by atoms with E-state index in [1.165, 1.54) is 327 Å². The zero-order valence-corrected chi connectivity index (χ0v) is 53.6. The quantitative estimate of drug-likeness (QED) is 0.0320. The molecular weight excluding hydrogens is 971 g/mol. The highest BCUT2D eigenvalue weighted by atomic mass is 16.5. The highest BCUT2D eigenvalue weighted by Crippen LogP contribution is 2.19. The van der Waals surface area contributed by atoms with Gasteiger partial charge in [0.05, 0.1) is 25.4 Å². The Morgan fingerprint density at radius 1 is 0.342 bits per heavy atom. The summed E-state index contributed by atoms with van der Waals surface area (Å²) in [6.07, 6.45) is 86.6. The van der Waals surface area contributed by atoms with Crippen molar-refractivity contribution >= 4 is 11.9 Å².